The van der Waals surface area contributed by atoms with E-state index in [2.05, 4.69) is 11.1 Å². The number of benzene rings is 1. The van der Waals surface area contributed by atoms with E-state index in [-0.39, 0.29) is 0 Å². The molecule has 0 saturated heterocycles. The normalized spacial score (nSPS) is 10.0. The van der Waals surface area contributed by atoms with E-state index in [1.807, 2.05) is 35.0 Å². The van der Waals surface area contributed by atoms with Crippen molar-refractivity contribution in [2.75, 3.05) is 12.9 Å². The first kappa shape index (κ1) is 12.5. The van der Waals surface area contributed by atoms with Crippen LogP contribution < -0.4 is 4.74 Å². The van der Waals surface area contributed by atoms with Gasteiger partial charge in [0.25, 0.3) is 0 Å². The summed E-state index contributed by atoms with van der Waals surface area (Å²) in [7, 11) is 1.65. The third-order valence-electron chi connectivity index (χ3n) is 2.40. The van der Waals surface area contributed by atoms with Crippen LogP contribution in [0, 0.1) is 11.3 Å². The molecule has 4 nitrogen and oxygen atoms in total. The van der Waals surface area contributed by atoms with Crippen LogP contribution in [0.2, 0.25) is 0 Å². The highest BCUT2D eigenvalue weighted by atomic mass is 32.2. The maximum absolute atomic E-state index is 8.53. The van der Waals surface area contributed by atoms with Crippen LogP contribution in [0.4, 0.5) is 0 Å². The van der Waals surface area contributed by atoms with Crippen LogP contribution in [0.5, 0.6) is 5.75 Å². The fraction of sp³-hybridized carbons (Fsp3) is 0.231. The molecule has 0 spiro atoms. The molecule has 0 aliphatic rings. The maximum atomic E-state index is 8.53. The number of aromatic nitrogens is 2. The molecule has 1 heterocycles. The Bertz CT molecular complexity index is 542. The fourth-order valence-corrected chi connectivity index (χ4v) is 2.34. The predicted octanol–water partition coefficient (Wildman–Crippen LogP) is 2.89. The summed E-state index contributed by atoms with van der Waals surface area (Å²) in [4.78, 5) is 4.29. The molecule has 0 N–H and O–H groups in total. The van der Waals surface area contributed by atoms with Crippen molar-refractivity contribution in [3.63, 3.8) is 0 Å². The number of nitrogens with zero attached hydrogens (tertiary/aromatic N) is 3. The lowest BCUT2D eigenvalue weighted by Gasteiger charge is -2.07. The molecule has 0 bridgehead atoms. The monoisotopic (exact) mass is 259 g/mol. The van der Waals surface area contributed by atoms with Gasteiger partial charge in [0.15, 0.2) is 5.16 Å². The topological polar surface area (TPSA) is 50.8 Å². The van der Waals surface area contributed by atoms with Gasteiger partial charge in [-0.25, -0.2) is 4.98 Å². The standard InChI is InChI=1S/C13H13N3OS/c1-17-12-5-3-11(4-6-12)16-9-8-15-13(16)18-10-2-7-14/h3-6,8-9H,2,10H2,1H3. The van der Waals surface area contributed by atoms with E-state index in [0.717, 1.165) is 22.3 Å². The van der Waals surface area contributed by atoms with Gasteiger partial charge in [0.2, 0.25) is 0 Å². The van der Waals surface area contributed by atoms with Gasteiger partial charge in [-0.1, -0.05) is 11.8 Å². The molecule has 0 fully saturated rings. The van der Waals surface area contributed by atoms with Crippen molar-refractivity contribution in [1.82, 2.24) is 9.55 Å². The number of ether oxygens (including phenoxy) is 1. The predicted molar refractivity (Wildman–Crippen MR) is 71.1 cm³/mol. The van der Waals surface area contributed by atoms with Crippen molar-refractivity contribution in [3.05, 3.63) is 36.7 Å². The average Bonchev–Trinajstić information content (AvgIpc) is 2.88. The second kappa shape index (κ2) is 6.12. The zero-order valence-corrected chi connectivity index (χ0v) is 10.9. The number of rotatable bonds is 5. The minimum Gasteiger partial charge on any atom is -0.497 e. The molecule has 92 valence electrons. The number of imidazole rings is 1. The molecule has 2 aromatic rings. The van der Waals surface area contributed by atoms with E-state index in [1.54, 1.807) is 25.1 Å². The molecule has 1 aromatic carbocycles. The van der Waals surface area contributed by atoms with Gasteiger partial charge in [0, 0.05) is 30.3 Å². The van der Waals surface area contributed by atoms with Crippen LogP contribution >= 0.6 is 11.8 Å². The lowest BCUT2D eigenvalue weighted by atomic mass is 10.3. The lowest BCUT2D eigenvalue weighted by Crippen LogP contribution is -1.95. The molecular formula is C13H13N3OS. The van der Waals surface area contributed by atoms with E-state index >= 15 is 0 Å². The quantitative estimate of drug-likeness (QED) is 0.612. The number of hydrogen-bond acceptors (Lipinski definition) is 4. The van der Waals surface area contributed by atoms with Crippen molar-refractivity contribution >= 4 is 11.8 Å². The number of thioether (sulfide) groups is 1. The van der Waals surface area contributed by atoms with E-state index in [1.165, 1.54) is 0 Å². The minimum atomic E-state index is 0.528. The highest BCUT2D eigenvalue weighted by Gasteiger charge is 2.05. The molecule has 0 atom stereocenters. The van der Waals surface area contributed by atoms with E-state index in [9.17, 15) is 0 Å². The van der Waals surface area contributed by atoms with Crippen LogP contribution in [0.15, 0.2) is 41.8 Å². The summed E-state index contributed by atoms with van der Waals surface area (Å²) >= 11 is 1.58. The Labute approximate surface area is 110 Å². The SMILES string of the molecule is COc1ccc(-n2ccnc2SCCC#N)cc1. The number of hydrogen-bond donors (Lipinski definition) is 0. The summed E-state index contributed by atoms with van der Waals surface area (Å²) in [5.74, 6) is 1.58. The van der Waals surface area contributed by atoms with Gasteiger partial charge < -0.3 is 4.74 Å². The Balaban J connectivity index is 2.17. The fourth-order valence-electron chi connectivity index (χ4n) is 1.52. The van der Waals surface area contributed by atoms with Gasteiger partial charge >= 0.3 is 0 Å². The van der Waals surface area contributed by atoms with Crippen molar-refractivity contribution in [1.29, 1.82) is 5.26 Å². The summed E-state index contributed by atoms with van der Waals surface area (Å²) < 4.78 is 7.13. The molecule has 0 amide bonds. The average molecular weight is 259 g/mol. The molecule has 0 aliphatic heterocycles. The number of methoxy groups -OCH3 is 1. The van der Waals surface area contributed by atoms with Crippen LogP contribution in [0.25, 0.3) is 5.69 Å². The summed E-state index contributed by atoms with van der Waals surface area (Å²) in [6.07, 6.45) is 4.20. The van der Waals surface area contributed by atoms with Gasteiger partial charge in [-0.3, -0.25) is 4.57 Å². The van der Waals surface area contributed by atoms with Gasteiger partial charge in [-0.2, -0.15) is 5.26 Å². The molecule has 0 aliphatic carbocycles. The van der Waals surface area contributed by atoms with E-state index < -0.39 is 0 Å². The smallest absolute Gasteiger partial charge is 0.172 e. The van der Waals surface area contributed by atoms with Gasteiger partial charge in [0.05, 0.1) is 13.2 Å². The van der Waals surface area contributed by atoms with E-state index in [0.29, 0.717) is 6.42 Å². The Morgan fingerprint density at radius 3 is 2.83 bits per heavy atom. The zero-order valence-electron chi connectivity index (χ0n) is 10.0. The molecule has 5 heteroatoms. The zero-order chi connectivity index (χ0) is 12.8. The first-order valence-electron chi connectivity index (χ1n) is 5.52. The van der Waals surface area contributed by atoms with Crippen LogP contribution in [-0.2, 0) is 0 Å². The third-order valence-corrected chi connectivity index (χ3v) is 3.37. The Morgan fingerprint density at radius 1 is 1.39 bits per heavy atom. The Morgan fingerprint density at radius 2 is 2.17 bits per heavy atom. The van der Waals surface area contributed by atoms with E-state index in [4.69, 9.17) is 10.00 Å². The van der Waals surface area contributed by atoms with Gasteiger partial charge in [-0.15, -0.1) is 0 Å². The molecule has 18 heavy (non-hydrogen) atoms. The van der Waals surface area contributed by atoms with Crippen molar-refractivity contribution in [2.45, 2.75) is 11.6 Å². The largest absolute Gasteiger partial charge is 0.497 e. The first-order valence-corrected chi connectivity index (χ1v) is 6.51. The number of nitriles is 1. The summed E-state index contributed by atoms with van der Waals surface area (Å²) in [6, 6.07) is 9.92. The molecule has 0 saturated carbocycles. The van der Waals surface area contributed by atoms with Gasteiger partial charge in [0.1, 0.15) is 5.75 Å². The van der Waals surface area contributed by atoms with Crippen molar-refractivity contribution in [2.24, 2.45) is 0 Å². The summed E-state index contributed by atoms with van der Waals surface area (Å²) in [6.45, 7) is 0. The molecule has 1 aromatic heterocycles. The summed E-state index contributed by atoms with van der Waals surface area (Å²) in [5, 5.41) is 9.43. The third kappa shape index (κ3) is 2.84. The van der Waals surface area contributed by atoms with Crippen LogP contribution in [0.3, 0.4) is 0 Å². The van der Waals surface area contributed by atoms with Gasteiger partial charge in [-0.05, 0) is 24.3 Å². The molecule has 0 unspecified atom stereocenters. The highest BCUT2D eigenvalue weighted by Crippen LogP contribution is 2.22. The molecular weight excluding hydrogens is 246 g/mol. The first-order chi connectivity index (χ1) is 8.85. The summed E-state index contributed by atoms with van der Waals surface area (Å²) in [5.41, 5.74) is 1.03. The van der Waals surface area contributed by atoms with Crippen molar-refractivity contribution < 1.29 is 4.74 Å². The second-order valence-electron chi connectivity index (χ2n) is 3.53. The van der Waals surface area contributed by atoms with Crippen LogP contribution in [0.1, 0.15) is 6.42 Å². The minimum absolute atomic E-state index is 0.528. The second-order valence-corrected chi connectivity index (χ2v) is 4.60. The molecule has 0 radical (unpaired) electrons. The lowest BCUT2D eigenvalue weighted by molar-refractivity contribution is 0.414. The molecule has 2 rings (SSSR count). The maximum Gasteiger partial charge on any atom is 0.172 e. The highest BCUT2D eigenvalue weighted by molar-refractivity contribution is 7.99. The van der Waals surface area contributed by atoms with Crippen LogP contribution in [-0.4, -0.2) is 22.4 Å². The van der Waals surface area contributed by atoms with Crippen molar-refractivity contribution in [3.8, 4) is 17.5 Å². The Hall–Kier alpha value is -1.93. The Kier molecular flexibility index (Phi) is 4.26.